The van der Waals surface area contributed by atoms with E-state index in [0.29, 0.717) is 30.4 Å². The van der Waals surface area contributed by atoms with E-state index < -0.39 is 0 Å². The Morgan fingerprint density at radius 1 is 1.00 bits per heavy atom. The SMILES string of the molecule is COc1ccc(OCC(=O)N(Cc2ccco2)Cc2ccc(C)o2)cc1. The molecule has 0 fully saturated rings. The van der Waals surface area contributed by atoms with Gasteiger partial charge in [-0.25, -0.2) is 0 Å². The molecule has 3 rings (SSSR count). The van der Waals surface area contributed by atoms with Gasteiger partial charge in [0.2, 0.25) is 0 Å². The molecule has 1 amide bonds. The molecule has 6 heteroatoms. The normalized spacial score (nSPS) is 10.5. The molecule has 136 valence electrons. The summed E-state index contributed by atoms with van der Waals surface area (Å²) in [5.74, 6) is 3.39. The largest absolute Gasteiger partial charge is 0.497 e. The van der Waals surface area contributed by atoms with Crippen LogP contribution < -0.4 is 9.47 Å². The van der Waals surface area contributed by atoms with Crippen LogP contribution in [0.25, 0.3) is 0 Å². The molecule has 6 nitrogen and oxygen atoms in total. The highest BCUT2D eigenvalue weighted by molar-refractivity contribution is 5.77. The molecule has 0 aliphatic rings. The fourth-order valence-electron chi connectivity index (χ4n) is 2.49. The highest BCUT2D eigenvalue weighted by Gasteiger charge is 2.18. The van der Waals surface area contributed by atoms with Crippen LogP contribution in [0.3, 0.4) is 0 Å². The second kappa shape index (κ2) is 8.29. The summed E-state index contributed by atoms with van der Waals surface area (Å²) < 4.78 is 21.7. The van der Waals surface area contributed by atoms with Crippen molar-refractivity contribution in [3.8, 4) is 11.5 Å². The van der Waals surface area contributed by atoms with Crippen molar-refractivity contribution in [1.29, 1.82) is 0 Å². The third kappa shape index (κ3) is 4.69. The Morgan fingerprint density at radius 3 is 2.35 bits per heavy atom. The average molecular weight is 355 g/mol. The Hall–Kier alpha value is -3.15. The lowest BCUT2D eigenvalue weighted by Crippen LogP contribution is -2.33. The van der Waals surface area contributed by atoms with Crippen LogP contribution in [0.5, 0.6) is 11.5 Å². The average Bonchev–Trinajstić information content (AvgIpc) is 3.31. The zero-order valence-electron chi connectivity index (χ0n) is 14.8. The van der Waals surface area contributed by atoms with Gasteiger partial charge in [-0.2, -0.15) is 0 Å². The number of rotatable bonds is 8. The molecule has 0 saturated heterocycles. The maximum Gasteiger partial charge on any atom is 0.261 e. The minimum Gasteiger partial charge on any atom is -0.497 e. The van der Waals surface area contributed by atoms with Gasteiger partial charge >= 0.3 is 0 Å². The lowest BCUT2D eigenvalue weighted by Gasteiger charge is -2.21. The molecule has 0 aliphatic heterocycles. The van der Waals surface area contributed by atoms with E-state index in [1.165, 1.54) is 0 Å². The van der Waals surface area contributed by atoms with Crippen molar-refractivity contribution in [2.75, 3.05) is 13.7 Å². The van der Waals surface area contributed by atoms with Gasteiger partial charge in [-0.15, -0.1) is 0 Å². The van der Waals surface area contributed by atoms with E-state index >= 15 is 0 Å². The van der Waals surface area contributed by atoms with E-state index in [1.807, 2.05) is 25.1 Å². The van der Waals surface area contributed by atoms with Gasteiger partial charge < -0.3 is 23.2 Å². The van der Waals surface area contributed by atoms with Gasteiger partial charge in [-0.05, 0) is 55.5 Å². The van der Waals surface area contributed by atoms with E-state index in [9.17, 15) is 4.79 Å². The van der Waals surface area contributed by atoms with E-state index in [2.05, 4.69) is 0 Å². The predicted molar refractivity (Wildman–Crippen MR) is 94.9 cm³/mol. The molecule has 1 aromatic carbocycles. The summed E-state index contributed by atoms with van der Waals surface area (Å²) >= 11 is 0. The first-order chi connectivity index (χ1) is 12.6. The molecule has 2 heterocycles. The molecule has 0 saturated carbocycles. The number of carbonyl (C=O) groups excluding carboxylic acids is 1. The Morgan fingerprint density at radius 2 is 1.73 bits per heavy atom. The van der Waals surface area contributed by atoms with Gasteiger partial charge in [0.25, 0.3) is 5.91 Å². The second-order valence-corrected chi connectivity index (χ2v) is 5.81. The summed E-state index contributed by atoms with van der Waals surface area (Å²) in [5.41, 5.74) is 0. The zero-order chi connectivity index (χ0) is 18.4. The Kier molecular flexibility index (Phi) is 5.63. The number of ether oxygens (including phenoxy) is 2. The number of methoxy groups -OCH3 is 1. The molecular formula is C20H21NO5. The monoisotopic (exact) mass is 355 g/mol. The summed E-state index contributed by atoms with van der Waals surface area (Å²) in [4.78, 5) is 14.3. The van der Waals surface area contributed by atoms with Crippen LogP contribution in [0, 0.1) is 6.92 Å². The molecule has 0 unspecified atom stereocenters. The summed E-state index contributed by atoms with van der Waals surface area (Å²) in [6.07, 6.45) is 1.59. The molecule has 26 heavy (non-hydrogen) atoms. The number of amides is 1. The number of nitrogens with zero attached hydrogens (tertiary/aromatic N) is 1. The zero-order valence-corrected chi connectivity index (χ0v) is 14.8. The van der Waals surface area contributed by atoms with E-state index in [-0.39, 0.29) is 12.5 Å². The van der Waals surface area contributed by atoms with Crippen LogP contribution in [0.15, 0.2) is 63.6 Å². The summed E-state index contributed by atoms with van der Waals surface area (Å²) in [5, 5.41) is 0. The first-order valence-corrected chi connectivity index (χ1v) is 8.26. The fraction of sp³-hybridized carbons (Fsp3) is 0.250. The van der Waals surface area contributed by atoms with Gasteiger partial charge in [0.15, 0.2) is 6.61 Å². The Balaban J connectivity index is 1.64. The topological polar surface area (TPSA) is 65.1 Å². The van der Waals surface area contributed by atoms with Crippen molar-refractivity contribution in [3.63, 3.8) is 0 Å². The smallest absolute Gasteiger partial charge is 0.261 e. The second-order valence-electron chi connectivity index (χ2n) is 5.81. The van der Waals surface area contributed by atoms with Gasteiger partial charge in [0, 0.05) is 0 Å². The van der Waals surface area contributed by atoms with Crippen molar-refractivity contribution < 1.29 is 23.1 Å². The minimum atomic E-state index is -0.161. The molecule has 0 aliphatic carbocycles. The molecule has 0 atom stereocenters. The molecule has 0 radical (unpaired) electrons. The standard InChI is InChI=1S/C20H21NO5/c1-15-5-6-19(26-15)13-21(12-18-4-3-11-24-18)20(22)14-25-17-9-7-16(23-2)8-10-17/h3-11H,12-14H2,1-2H3. The van der Waals surface area contributed by atoms with Crippen LogP contribution >= 0.6 is 0 Å². The maximum absolute atomic E-state index is 12.7. The van der Waals surface area contributed by atoms with Crippen LogP contribution in [-0.4, -0.2) is 24.5 Å². The first-order valence-electron chi connectivity index (χ1n) is 8.26. The van der Waals surface area contributed by atoms with Crippen molar-refractivity contribution in [2.24, 2.45) is 0 Å². The van der Waals surface area contributed by atoms with Gasteiger partial charge in [-0.3, -0.25) is 4.79 Å². The maximum atomic E-state index is 12.7. The number of furan rings is 2. The lowest BCUT2D eigenvalue weighted by molar-refractivity contribution is -0.135. The Labute approximate surface area is 151 Å². The van der Waals surface area contributed by atoms with Crippen LogP contribution in [0.1, 0.15) is 17.3 Å². The molecule has 2 aromatic heterocycles. The number of hydrogen-bond donors (Lipinski definition) is 0. The lowest BCUT2D eigenvalue weighted by atomic mass is 10.3. The van der Waals surface area contributed by atoms with Crippen LogP contribution in [0.4, 0.5) is 0 Å². The Bertz CT molecular complexity index is 820. The van der Waals surface area contributed by atoms with E-state index in [0.717, 1.165) is 11.5 Å². The summed E-state index contributed by atoms with van der Waals surface area (Å²) in [6.45, 7) is 2.48. The van der Waals surface area contributed by atoms with Gasteiger partial charge in [0.1, 0.15) is 28.8 Å². The van der Waals surface area contributed by atoms with Gasteiger partial charge in [0.05, 0.1) is 26.5 Å². The quantitative estimate of drug-likeness (QED) is 0.615. The van der Waals surface area contributed by atoms with Crippen molar-refractivity contribution >= 4 is 5.91 Å². The molecule has 0 spiro atoms. The molecular weight excluding hydrogens is 334 g/mol. The van der Waals surface area contributed by atoms with Crippen LogP contribution in [0.2, 0.25) is 0 Å². The third-order valence-electron chi connectivity index (χ3n) is 3.84. The summed E-state index contributed by atoms with van der Waals surface area (Å²) in [7, 11) is 1.60. The predicted octanol–water partition coefficient (Wildman–Crippen LogP) is 3.80. The highest BCUT2D eigenvalue weighted by Crippen LogP contribution is 2.18. The van der Waals surface area contributed by atoms with E-state index in [1.54, 1.807) is 48.6 Å². The number of carbonyl (C=O) groups is 1. The summed E-state index contributed by atoms with van der Waals surface area (Å²) in [6, 6.07) is 14.5. The molecule has 0 bridgehead atoms. The van der Waals surface area contributed by atoms with E-state index in [4.69, 9.17) is 18.3 Å². The van der Waals surface area contributed by atoms with Crippen LogP contribution in [-0.2, 0) is 17.9 Å². The minimum absolute atomic E-state index is 0.0767. The first kappa shape index (κ1) is 17.7. The highest BCUT2D eigenvalue weighted by atomic mass is 16.5. The fourth-order valence-corrected chi connectivity index (χ4v) is 2.49. The number of hydrogen-bond acceptors (Lipinski definition) is 5. The number of aryl methyl sites for hydroxylation is 1. The molecule has 3 aromatic rings. The van der Waals surface area contributed by atoms with Crippen molar-refractivity contribution in [1.82, 2.24) is 4.90 Å². The third-order valence-corrected chi connectivity index (χ3v) is 3.84. The van der Waals surface area contributed by atoms with Crippen molar-refractivity contribution in [2.45, 2.75) is 20.0 Å². The molecule has 0 N–H and O–H groups in total. The van der Waals surface area contributed by atoms with Gasteiger partial charge in [-0.1, -0.05) is 0 Å². The van der Waals surface area contributed by atoms with Crippen molar-refractivity contribution in [3.05, 3.63) is 72.1 Å². The number of benzene rings is 1.